The lowest BCUT2D eigenvalue weighted by molar-refractivity contribution is 0.435. The Hall–Kier alpha value is -0.670. The molecule has 0 aromatic heterocycles. The van der Waals surface area contributed by atoms with Crippen LogP contribution in [-0.2, 0) is 0 Å². The van der Waals surface area contributed by atoms with Crippen molar-refractivity contribution in [1.29, 1.82) is 0 Å². The molecule has 0 amide bonds. The van der Waals surface area contributed by atoms with Crippen LogP contribution in [0.3, 0.4) is 0 Å². The second-order valence-corrected chi connectivity index (χ2v) is 2.61. The molecule has 0 saturated heterocycles. The molecule has 4 heteroatoms. The van der Waals surface area contributed by atoms with Crippen molar-refractivity contribution in [3.8, 4) is 0 Å². The van der Waals surface area contributed by atoms with E-state index in [1.54, 1.807) is 18.2 Å². The van der Waals surface area contributed by atoms with E-state index in [9.17, 15) is 8.78 Å². The van der Waals surface area contributed by atoms with Gasteiger partial charge in [0.15, 0.2) is 0 Å². The first-order chi connectivity index (χ1) is 5.75. The maximum Gasteiger partial charge on any atom is 0.127 e. The molecular formula is C9H12ClF2N. The van der Waals surface area contributed by atoms with Crippen molar-refractivity contribution in [3.05, 3.63) is 35.6 Å². The summed E-state index contributed by atoms with van der Waals surface area (Å²) in [6.45, 7) is -0.518. The molecule has 1 rings (SSSR count). The van der Waals surface area contributed by atoms with Gasteiger partial charge in [-0.25, -0.2) is 4.39 Å². The van der Waals surface area contributed by atoms with E-state index < -0.39 is 12.7 Å². The van der Waals surface area contributed by atoms with Crippen LogP contribution in [0.2, 0.25) is 0 Å². The summed E-state index contributed by atoms with van der Waals surface area (Å²) in [5.41, 5.74) is 5.91. The molecule has 1 aromatic rings. The van der Waals surface area contributed by atoms with E-state index in [1.807, 2.05) is 0 Å². The minimum absolute atomic E-state index is 0. The predicted octanol–water partition coefficient (Wildman–Crippen LogP) is 2.61. The number of alkyl halides is 1. The van der Waals surface area contributed by atoms with Crippen LogP contribution in [0.1, 0.15) is 18.0 Å². The van der Waals surface area contributed by atoms with Gasteiger partial charge in [-0.15, -0.1) is 12.4 Å². The molecule has 0 aliphatic carbocycles. The Kier molecular flexibility index (Phi) is 5.58. The van der Waals surface area contributed by atoms with Crippen molar-refractivity contribution in [1.82, 2.24) is 0 Å². The first kappa shape index (κ1) is 12.3. The molecule has 0 bridgehead atoms. The van der Waals surface area contributed by atoms with Crippen LogP contribution >= 0.6 is 12.4 Å². The average molecular weight is 208 g/mol. The Morgan fingerprint density at radius 3 is 2.46 bits per heavy atom. The smallest absolute Gasteiger partial charge is 0.127 e. The maximum absolute atomic E-state index is 13.0. The summed E-state index contributed by atoms with van der Waals surface area (Å²) in [6.07, 6.45) is 0.168. The number of nitrogens with two attached hydrogens (primary N) is 1. The lowest BCUT2D eigenvalue weighted by atomic mass is 10.1. The normalized spacial score (nSPS) is 11.9. The number of halogens is 3. The van der Waals surface area contributed by atoms with Crippen LogP contribution < -0.4 is 5.73 Å². The molecule has 1 aromatic carbocycles. The van der Waals surface area contributed by atoms with E-state index in [1.165, 1.54) is 6.07 Å². The fourth-order valence-electron chi connectivity index (χ4n) is 1.05. The molecule has 13 heavy (non-hydrogen) atoms. The molecule has 2 N–H and O–H groups in total. The molecule has 74 valence electrons. The van der Waals surface area contributed by atoms with Crippen LogP contribution in [0, 0.1) is 5.82 Å². The monoisotopic (exact) mass is 207 g/mol. The summed E-state index contributed by atoms with van der Waals surface area (Å²) in [7, 11) is 0. The topological polar surface area (TPSA) is 26.0 Å². The third-order valence-electron chi connectivity index (χ3n) is 1.72. The SMILES string of the molecule is Cl.N[C@H](CCF)c1ccccc1F. The van der Waals surface area contributed by atoms with Crippen molar-refractivity contribution >= 4 is 12.4 Å². The number of benzene rings is 1. The molecule has 0 aliphatic rings. The van der Waals surface area contributed by atoms with Crippen molar-refractivity contribution in [2.75, 3.05) is 6.67 Å². The molecule has 1 atom stereocenters. The van der Waals surface area contributed by atoms with Crippen LogP contribution in [0.15, 0.2) is 24.3 Å². The quantitative estimate of drug-likeness (QED) is 0.810. The van der Waals surface area contributed by atoms with Crippen molar-refractivity contribution in [2.45, 2.75) is 12.5 Å². The highest BCUT2D eigenvalue weighted by atomic mass is 35.5. The predicted molar refractivity (Wildman–Crippen MR) is 51.2 cm³/mol. The van der Waals surface area contributed by atoms with E-state index in [0.29, 0.717) is 5.56 Å². The van der Waals surface area contributed by atoms with E-state index in [-0.39, 0.29) is 24.6 Å². The molecule has 0 fully saturated rings. The Labute approximate surface area is 82.4 Å². The fourth-order valence-corrected chi connectivity index (χ4v) is 1.05. The van der Waals surface area contributed by atoms with Crippen LogP contribution in [0.4, 0.5) is 8.78 Å². The van der Waals surface area contributed by atoms with Gasteiger partial charge in [0.2, 0.25) is 0 Å². The van der Waals surface area contributed by atoms with E-state index >= 15 is 0 Å². The van der Waals surface area contributed by atoms with Crippen molar-refractivity contribution in [3.63, 3.8) is 0 Å². The molecule has 1 nitrogen and oxygen atoms in total. The van der Waals surface area contributed by atoms with Gasteiger partial charge in [-0.2, -0.15) is 0 Å². The van der Waals surface area contributed by atoms with E-state index in [2.05, 4.69) is 0 Å². The molecule has 0 unspecified atom stereocenters. The third-order valence-corrected chi connectivity index (χ3v) is 1.72. The van der Waals surface area contributed by atoms with E-state index in [0.717, 1.165) is 0 Å². The van der Waals surface area contributed by atoms with Crippen LogP contribution in [0.25, 0.3) is 0 Å². The number of rotatable bonds is 3. The van der Waals surface area contributed by atoms with Crippen molar-refractivity contribution < 1.29 is 8.78 Å². The van der Waals surface area contributed by atoms with Crippen molar-refractivity contribution in [2.24, 2.45) is 5.73 Å². The minimum atomic E-state index is -0.531. The third kappa shape index (κ3) is 3.28. The first-order valence-corrected chi connectivity index (χ1v) is 3.81. The zero-order valence-electron chi connectivity index (χ0n) is 7.04. The highest BCUT2D eigenvalue weighted by Gasteiger charge is 2.09. The van der Waals surface area contributed by atoms with Gasteiger partial charge in [-0.1, -0.05) is 18.2 Å². The van der Waals surface area contributed by atoms with E-state index in [4.69, 9.17) is 5.73 Å². The zero-order valence-corrected chi connectivity index (χ0v) is 7.86. The summed E-state index contributed by atoms with van der Waals surface area (Å²) in [4.78, 5) is 0. The largest absolute Gasteiger partial charge is 0.324 e. The molecule has 0 heterocycles. The van der Waals surface area contributed by atoms with Gasteiger partial charge in [-0.3, -0.25) is 4.39 Å². The summed E-state index contributed by atoms with van der Waals surface area (Å²) < 4.78 is 24.8. The molecule has 0 aliphatic heterocycles. The lowest BCUT2D eigenvalue weighted by Crippen LogP contribution is -2.12. The summed E-state index contributed by atoms with van der Waals surface area (Å²) in [6, 6.07) is 5.65. The maximum atomic E-state index is 13.0. The van der Waals surface area contributed by atoms with Gasteiger partial charge in [0, 0.05) is 11.6 Å². The van der Waals surface area contributed by atoms with Gasteiger partial charge >= 0.3 is 0 Å². The zero-order chi connectivity index (χ0) is 8.97. The number of hydrogen-bond donors (Lipinski definition) is 1. The van der Waals surface area contributed by atoms with Gasteiger partial charge < -0.3 is 5.73 Å². The van der Waals surface area contributed by atoms with Gasteiger partial charge in [-0.05, 0) is 12.5 Å². The Morgan fingerprint density at radius 2 is 1.92 bits per heavy atom. The summed E-state index contributed by atoms with van der Waals surface area (Å²) >= 11 is 0. The highest BCUT2D eigenvalue weighted by molar-refractivity contribution is 5.85. The standard InChI is InChI=1S/C9H11F2N.ClH/c10-6-5-9(12)7-3-1-2-4-8(7)11;/h1-4,9H,5-6,12H2;1H/t9-;/m1./s1. The fraction of sp³-hybridized carbons (Fsp3) is 0.333. The molecular weight excluding hydrogens is 196 g/mol. The first-order valence-electron chi connectivity index (χ1n) is 3.81. The minimum Gasteiger partial charge on any atom is -0.324 e. The Balaban J connectivity index is 0.00000144. The summed E-state index contributed by atoms with van der Waals surface area (Å²) in [5, 5.41) is 0. The Bertz CT molecular complexity index is 255. The lowest BCUT2D eigenvalue weighted by Gasteiger charge is -2.09. The molecule has 0 radical (unpaired) electrons. The van der Waals surface area contributed by atoms with Crippen LogP contribution in [-0.4, -0.2) is 6.67 Å². The summed E-state index contributed by atoms with van der Waals surface area (Å²) in [5.74, 6) is -0.363. The second-order valence-electron chi connectivity index (χ2n) is 2.61. The molecule has 0 saturated carbocycles. The highest BCUT2D eigenvalue weighted by Crippen LogP contribution is 2.16. The number of hydrogen-bond acceptors (Lipinski definition) is 1. The van der Waals surface area contributed by atoms with Gasteiger partial charge in [0.25, 0.3) is 0 Å². The van der Waals surface area contributed by atoms with Crippen LogP contribution in [0.5, 0.6) is 0 Å². The second kappa shape index (κ2) is 5.89. The molecule has 0 spiro atoms. The van der Waals surface area contributed by atoms with Gasteiger partial charge in [0.1, 0.15) is 5.82 Å². The Morgan fingerprint density at radius 1 is 1.31 bits per heavy atom. The van der Waals surface area contributed by atoms with Gasteiger partial charge in [0.05, 0.1) is 6.67 Å². The average Bonchev–Trinajstić information content (AvgIpc) is 2.05.